The van der Waals surface area contributed by atoms with Crippen LogP contribution in [0.3, 0.4) is 0 Å². The van der Waals surface area contributed by atoms with E-state index in [1.165, 1.54) is 5.57 Å². The Morgan fingerprint density at radius 1 is 1.24 bits per heavy atom. The zero-order valence-corrected chi connectivity index (χ0v) is 17.1. The first-order chi connectivity index (χ1) is 11.5. The van der Waals surface area contributed by atoms with E-state index in [0.717, 1.165) is 32.1 Å². The Hall–Kier alpha value is -0.380. The van der Waals surface area contributed by atoms with Crippen molar-refractivity contribution in [3.05, 3.63) is 11.6 Å². The van der Waals surface area contributed by atoms with Crippen molar-refractivity contribution >= 4 is 18.3 Å². The van der Waals surface area contributed by atoms with E-state index in [9.17, 15) is 5.11 Å². The van der Waals surface area contributed by atoms with Gasteiger partial charge < -0.3 is 9.84 Å². The number of nitrogens with zero attached hydrogens (tertiary/aromatic N) is 1. The van der Waals surface area contributed by atoms with E-state index in [2.05, 4.69) is 45.5 Å². The van der Waals surface area contributed by atoms with E-state index in [1.54, 1.807) is 0 Å². The number of hydrogen-bond acceptors (Lipinski definition) is 3. The van der Waals surface area contributed by atoms with E-state index < -0.39 is 5.60 Å². The molecule has 1 saturated heterocycles. The van der Waals surface area contributed by atoms with Crippen molar-refractivity contribution in [2.45, 2.75) is 94.9 Å². The van der Waals surface area contributed by atoms with E-state index in [-0.39, 0.29) is 28.5 Å². The third-order valence-corrected chi connectivity index (χ3v) is 8.04. The Labute approximate surface area is 157 Å². The Morgan fingerprint density at radius 2 is 1.92 bits per heavy atom. The molecule has 25 heavy (non-hydrogen) atoms. The van der Waals surface area contributed by atoms with E-state index >= 15 is 0 Å². The summed E-state index contributed by atoms with van der Waals surface area (Å²) >= 11 is 6.53. The zero-order valence-electron chi connectivity index (χ0n) is 16.4. The molecule has 3 rings (SSSR count). The summed E-state index contributed by atoms with van der Waals surface area (Å²) in [6.45, 7) is 14.5. The van der Waals surface area contributed by atoms with Gasteiger partial charge in [-0.05, 0) is 91.2 Å². The van der Waals surface area contributed by atoms with Crippen LogP contribution in [0.15, 0.2) is 16.6 Å². The van der Waals surface area contributed by atoms with Gasteiger partial charge in [-0.1, -0.05) is 11.6 Å². The minimum absolute atomic E-state index is 0.0417. The van der Waals surface area contributed by atoms with Gasteiger partial charge in [0.2, 0.25) is 0 Å². The summed E-state index contributed by atoms with van der Waals surface area (Å²) in [5, 5.41) is 11.0. The molecule has 0 radical (unpaired) electrons. The maximum absolute atomic E-state index is 11.0. The average molecular weight is 368 g/mol. The molecular formula is C21H34ClNO2. The Kier molecular flexibility index (Phi) is 4.92. The topological polar surface area (TPSA) is 41.8 Å². The summed E-state index contributed by atoms with van der Waals surface area (Å²) in [5.41, 5.74) is 0.0770. The third-order valence-electron chi connectivity index (χ3n) is 7.30. The number of aliphatic imine (C=N–C) groups is 1. The van der Waals surface area contributed by atoms with Crippen LogP contribution in [-0.2, 0) is 4.74 Å². The standard InChI is InChI=1S/C21H34ClNO2/c1-13-7-8-15(21(5)12-10-16(22)19(2,3)25-21)17-14(13)9-11-20(4,24)18(17)23-6/h7,14-18,24H,6,8-12H2,1-5H3/t14-,15+,16+,17+,18-,20-,21-/m1/s1. The summed E-state index contributed by atoms with van der Waals surface area (Å²) in [4.78, 5) is 4.44. The lowest BCUT2D eigenvalue weighted by Gasteiger charge is -2.57. The van der Waals surface area contributed by atoms with Crippen LogP contribution in [0, 0.1) is 17.8 Å². The summed E-state index contributed by atoms with van der Waals surface area (Å²) < 4.78 is 6.65. The van der Waals surface area contributed by atoms with Gasteiger partial charge in [-0.2, -0.15) is 0 Å². The second-order valence-electron chi connectivity index (χ2n) is 9.52. The molecule has 0 aromatic rings. The van der Waals surface area contributed by atoms with E-state index in [1.807, 2.05) is 6.92 Å². The van der Waals surface area contributed by atoms with E-state index in [0.29, 0.717) is 11.8 Å². The lowest BCUT2D eigenvalue weighted by molar-refractivity contribution is -0.208. The molecule has 7 atom stereocenters. The Morgan fingerprint density at radius 3 is 2.52 bits per heavy atom. The van der Waals surface area contributed by atoms with Gasteiger partial charge in [0.25, 0.3) is 0 Å². The first-order valence-electron chi connectivity index (χ1n) is 9.71. The maximum atomic E-state index is 11.0. The highest BCUT2D eigenvalue weighted by atomic mass is 35.5. The van der Waals surface area contributed by atoms with Gasteiger partial charge >= 0.3 is 0 Å². The Bertz CT molecular complexity index is 570. The van der Waals surface area contributed by atoms with Crippen molar-refractivity contribution in [1.82, 2.24) is 0 Å². The van der Waals surface area contributed by atoms with Crippen molar-refractivity contribution in [1.29, 1.82) is 0 Å². The van der Waals surface area contributed by atoms with Crippen LogP contribution in [0.2, 0.25) is 0 Å². The summed E-state index contributed by atoms with van der Waals surface area (Å²) in [5.74, 6) is 1.07. The number of alkyl halides is 1. The fourth-order valence-corrected chi connectivity index (χ4v) is 5.94. The molecule has 0 spiro atoms. The molecule has 2 fully saturated rings. The number of aliphatic hydroxyl groups is 1. The van der Waals surface area contributed by atoms with Gasteiger partial charge in [0.1, 0.15) is 0 Å². The third kappa shape index (κ3) is 3.21. The molecular weight excluding hydrogens is 334 g/mol. The van der Waals surface area contributed by atoms with Gasteiger partial charge in [0, 0.05) is 0 Å². The highest BCUT2D eigenvalue weighted by molar-refractivity contribution is 6.21. The van der Waals surface area contributed by atoms with Crippen LogP contribution in [0.4, 0.5) is 0 Å². The summed E-state index contributed by atoms with van der Waals surface area (Å²) in [6, 6.07) is -0.142. The first kappa shape index (κ1) is 19.4. The van der Waals surface area contributed by atoms with Crippen LogP contribution in [0.1, 0.15) is 66.7 Å². The molecule has 1 saturated carbocycles. The first-order valence-corrected chi connectivity index (χ1v) is 10.1. The highest BCUT2D eigenvalue weighted by Gasteiger charge is 2.56. The monoisotopic (exact) mass is 367 g/mol. The molecule has 0 aromatic carbocycles. The molecule has 1 aliphatic heterocycles. The molecule has 3 nitrogen and oxygen atoms in total. The van der Waals surface area contributed by atoms with Crippen LogP contribution < -0.4 is 0 Å². The van der Waals surface area contributed by atoms with Crippen molar-refractivity contribution in [3.63, 3.8) is 0 Å². The quantitative estimate of drug-likeness (QED) is 0.434. The van der Waals surface area contributed by atoms with Gasteiger partial charge in [0.05, 0.1) is 28.2 Å². The molecule has 4 heteroatoms. The summed E-state index contributed by atoms with van der Waals surface area (Å²) in [6.07, 6.45) is 7.08. The normalized spacial score (nSPS) is 49.9. The second kappa shape index (κ2) is 6.35. The van der Waals surface area contributed by atoms with Crippen molar-refractivity contribution in [2.75, 3.05) is 0 Å². The van der Waals surface area contributed by atoms with Crippen molar-refractivity contribution in [2.24, 2.45) is 22.7 Å². The van der Waals surface area contributed by atoms with Crippen LogP contribution >= 0.6 is 11.6 Å². The van der Waals surface area contributed by atoms with Gasteiger partial charge in [-0.25, -0.2) is 0 Å². The molecule has 2 aliphatic carbocycles. The molecule has 0 aromatic heterocycles. The van der Waals surface area contributed by atoms with E-state index in [4.69, 9.17) is 16.3 Å². The second-order valence-corrected chi connectivity index (χ2v) is 10.0. The number of allylic oxidation sites excluding steroid dienone is 2. The number of ether oxygens (including phenoxy) is 1. The average Bonchev–Trinajstić information content (AvgIpc) is 2.50. The minimum Gasteiger partial charge on any atom is -0.388 e. The predicted octanol–water partition coefficient (Wildman–Crippen LogP) is 4.75. The SMILES string of the molecule is C=N[C@@H]1[C@H]2[C@H](CC[C@@]1(C)O)C(C)=CC[C@@H]2[C@@]1(C)CC[C@H](Cl)C(C)(C)O1. The minimum atomic E-state index is -0.783. The molecule has 0 unspecified atom stereocenters. The zero-order chi connectivity index (χ0) is 18.6. The smallest absolute Gasteiger partial charge is 0.0845 e. The molecule has 1 N–H and O–H groups in total. The Balaban J connectivity index is 1.99. The number of fused-ring (bicyclic) bond motifs is 1. The van der Waals surface area contributed by atoms with Crippen molar-refractivity contribution in [3.8, 4) is 0 Å². The van der Waals surface area contributed by atoms with Crippen LogP contribution in [0.5, 0.6) is 0 Å². The largest absolute Gasteiger partial charge is 0.388 e. The fraction of sp³-hybridized carbons (Fsp3) is 0.857. The van der Waals surface area contributed by atoms with Crippen LogP contribution in [0.25, 0.3) is 0 Å². The van der Waals surface area contributed by atoms with Gasteiger partial charge in [-0.3, -0.25) is 4.99 Å². The maximum Gasteiger partial charge on any atom is 0.0845 e. The number of rotatable bonds is 2. The molecule has 1 heterocycles. The molecule has 0 bridgehead atoms. The lowest BCUT2D eigenvalue weighted by Crippen LogP contribution is -2.61. The summed E-state index contributed by atoms with van der Waals surface area (Å²) in [7, 11) is 0. The fourth-order valence-electron chi connectivity index (χ4n) is 5.79. The molecule has 3 aliphatic rings. The molecule has 142 valence electrons. The molecule has 0 amide bonds. The van der Waals surface area contributed by atoms with Gasteiger partial charge in [-0.15, -0.1) is 11.6 Å². The van der Waals surface area contributed by atoms with Crippen LogP contribution in [-0.4, -0.2) is 40.0 Å². The predicted molar refractivity (Wildman–Crippen MR) is 104 cm³/mol. The number of halogens is 1. The highest BCUT2D eigenvalue weighted by Crippen LogP contribution is 2.55. The van der Waals surface area contributed by atoms with Crippen molar-refractivity contribution < 1.29 is 9.84 Å². The van der Waals surface area contributed by atoms with Gasteiger partial charge in [0.15, 0.2) is 0 Å². The lowest BCUT2D eigenvalue weighted by atomic mass is 9.55. The number of hydrogen-bond donors (Lipinski definition) is 1.